The standard InChI is InChI=1S/C19H26O2.C4H10O/c1-18-9-7-13(20)11-12(18)3-4-14-15-5-6-17(21)19(15,2)10-8-16(14)18;1-4(2,3)5/h3,14-16H,4-11H2,1-2H3;5H,1-3H3/t14-,15-,16-,18-,19-;/m0./s1. The van der Waals surface area contributed by atoms with E-state index in [0.29, 0.717) is 35.7 Å². The van der Waals surface area contributed by atoms with E-state index in [0.717, 1.165) is 38.5 Å². The van der Waals surface area contributed by atoms with Gasteiger partial charge in [-0.15, -0.1) is 0 Å². The van der Waals surface area contributed by atoms with Crippen molar-refractivity contribution in [2.45, 2.75) is 91.6 Å². The highest BCUT2D eigenvalue weighted by Gasteiger charge is 2.58. The fraction of sp³-hybridized carbons (Fsp3) is 0.826. The molecule has 0 unspecified atom stereocenters. The summed E-state index contributed by atoms with van der Waals surface area (Å²) >= 11 is 0. The molecule has 0 spiro atoms. The molecule has 0 bridgehead atoms. The number of Topliss-reactive ketones (excluding diaryl/α,β-unsaturated/α-hetero) is 2. The van der Waals surface area contributed by atoms with Crippen molar-refractivity contribution >= 4 is 11.6 Å². The molecular formula is C23H36O3. The molecule has 0 amide bonds. The second-order valence-electron chi connectivity index (χ2n) is 10.6. The molecule has 3 heteroatoms. The first-order valence-corrected chi connectivity index (χ1v) is 10.4. The molecule has 0 aliphatic heterocycles. The van der Waals surface area contributed by atoms with Crippen LogP contribution in [0, 0.1) is 28.6 Å². The molecule has 0 aromatic heterocycles. The molecule has 1 N–H and O–H groups in total. The zero-order valence-corrected chi connectivity index (χ0v) is 17.2. The molecule has 5 atom stereocenters. The number of carbonyl (C=O) groups excluding carboxylic acids is 2. The average Bonchev–Trinajstić information content (AvgIpc) is 2.82. The van der Waals surface area contributed by atoms with E-state index in [1.54, 1.807) is 20.8 Å². The molecule has 4 aliphatic carbocycles. The second-order valence-corrected chi connectivity index (χ2v) is 10.6. The summed E-state index contributed by atoms with van der Waals surface area (Å²) in [5.74, 6) is 2.92. The van der Waals surface area contributed by atoms with Gasteiger partial charge in [-0.2, -0.15) is 0 Å². The molecule has 26 heavy (non-hydrogen) atoms. The van der Waals surface area contributed by atoms with Crippen molar-refractivity contribution in [3.05, 3.63) is 11.6 Å². The second kappa shape index (κ2) is 6.58. The van der Waals surface area contributed by atoms with E-state index in [9.17, 15) is 9.59 Å². The van der Waals surface area contributed by atoms with Crippen LogP contribution >= 0.6 is 0 Å². The summed E-state index contributed by atoms with van der Waals surface area (Å²) in [6.45, 7) is 9.86. The van der Waals surface area contributed by atoms with Crippen molar-refractivity contribution in [2.24, 2.45) is 28.6 Å². The Balaban J connectivity index is 0.000000349. The van der Waals surface area contributed by atoms with Crippen LogP contribution in [0.2, 0.25) is 0 Å². The molecule has 0 heterocycles. The monoisotopic (exact) mass is 360 g/mol. The lowest BCUT2D eigenvalue weighted by atomic mass is 9.48. The Morgan fingerprint density at radius 2 is 1.62 bits per heavy atom. The molecule has 0 radical (unpaired) electrons. The summed E-state index contributed by atoms with van der Waals surface area (Å²) in [6, 6.07) is 0. The number of carbonyl (C=O) groups is 2. The topological polar surface area (TPSA) is 54.4 Å². The lowest BCUT2D eigenvalue weighted by molar-refractivity contribution is -0.132. The highest BCUT2D eigenvalue weighted by atomic mass is 16.3. The Morgan fingerprint density at radius 1 is 1.00 bits per heavy atom. The Morgan fingerprint density at radius 3 is 2.27 bits per heavy atom. The summed E-state index contributed by atoms with van der Waals surface area (Å²) in [4.78, 5) is 24.2. The smallest absolute Gasteiger partial charge is 0.139 e. The van der Waals surface area contributed by atoms with Gasteiger partial charge in [0, 0.05) is 24.7 Å². The fourth-order valence-electron chi connectivity index (χ4n) is 6.25. The van der Waals surface area contributed by atoms with Crippen molar-refractivity contribution < 1.29 is 14.7 Å². The van der Waals surface area contributed by atoms with E-state index in [-0.39, 0.29) is 10.8 Å². The summed E-state index contributed by atoms with van der Waals surface area (Å²) in [5.41, 5.74) is 1.13. The van der Waals surface area contributed by atoms with Crippen LogP contribution in [0.5, 0.6) is 0 Å². The van der Waals surface area contributed by atoms with Gasteiger partial charge in [-0.3, -0.25) is 9.59 Å². The van der Waals surface area contributed by atoms with Crippen molar-refractivity contribution in [1.82, 2.24) is 0 Å². The molecular weight excluding hydrogens is 324 g/mol. The zero-order valence-electron chi connectivity index (χ0n) is 17.2. The van der Waals surface area contributed by atoms with Crippen molar-refractivity contribution in [2.75, 3.05) is 0 Å². The molecule has 0 saturated heterocycles. The number of aliphatic hydroxyl groups is 1. The quantitative estimate of drug-likeness (QED) is 0.627. The maximum atomic E-state index is 12.4. The molecule has 0 aromatic rings. The van der Waals surface area contributed by atoms with E-state index < -0.39 is 5.60 Å². The highest BCUT2D eigenvalue weighted by Crippen LogP contribution is 2.63. The molecule has 0 aromatic carbocycles. The van der Waals surface area contributed by atoms with Crippen molar-refractivity contribution in [1.29, 1.82) is 0 Å². The summed E-state index contributed by atoms with van der Waals surface area (Å²) in [5, 5.41) is 8.52. The van der Waals surface area contributed by atoms with Crippen molar-refractivity contribution in [3.8, 4) is 0 Å². The summed E-state index contributed by atoms with van der Waals surface area (Å²) in [6.07, 6.45) is 10.2. The SMILES string of the molecule is CC(C)(C)O.C[C@]12CCC(=O)CC1=CC[C@@H]1[C@@H]2CC[C@]2(C)C(=O)CC[C@@H]12. The van der Waals surface area contributed by atoms with Crippen LogP contribution in [0.25, 0.3) is 0 Å². The highest BCUT2D eigenvalue weighted by molar-refractivity contribution is 5.87. The zero-order chi connectivity index (χ0) is 19.3. The number of allylic oxidation sites excluding steroid dienone is 2. The minimum absolute atomic E-state index is 0.0344. The first-order valence-electron chi connectivity index (χ1n) is 10.4. The van der Waals surface area contributed by atoms with Crippen LogP contribution in [-0.2, 0) is 9.59 Å². The third kappa shape index (κ3) is 3.44. The van der Waals surface area contributed by atoms with E-state index >= 15 is 0 Å². The van der Waals surface area contributed by atoms with Crippen LogP contribution in [-0.4, -0.2) is 22.3 Å². The van der Waals surface area contributed by atoms with Crippen LogP contribution in [0.15, 0.2) is 11.6 Å². The lowest BCUT2D eigenvalue weighted by Gasteiger charge is -2.56. The van der Waals surface area contributed by atoms with Gasteiger partial charge in [-0.25, -0.2) is 0 Å². The summed E-state index contributed by atoms with van der Waals surface area (Å²) < 4.78 is 0. The van der Waals surface area contributed by atoms with E-state index in [1.807, 2.05) is 0 Å². The first kappa shape index (κ1) is 19.8. The third-order valence-electron chi connectivity index (χ3n) is 7.65. The molecule has 3 nitrogen and oxygen atoms in total. The molecule has 4 aliphatic rings. The Labute approximate surface area is 158 Å². The third-order valence-corrected chi connectivity index (χ3v) is 7.65. The van der Waals surface area contributed by atoms with E-state index in [1.165, 1.54) is 12.0 Å². The molecule has 146 valence electrons. The van der Waals surface area contributed by atoms with Gasteiger partial charge < -0.3 is 5.11 Å². The van der Waals surface area contributed by atoms with Gasteiger partial charge >= 0.3 is 0 Å². The number of hydrogen-bond donors (Lipinski definition) is 1. The minimum Gasteiger partial charge on any atom is -0.391 e. The molecule has 3 fully saturated rings. The predicted molar refractivity (Wildman–Crippen MR) is 104 cm³/mol. The maximum absolute atomic E-state index is 12.4. The maximum Gasteiger partial charge on any atom is 0.139 e. The van der Waals surface area contributed by atoms with Crippen LogP contribution in [0.3, 0.4) is 0 Å². The van der Waals surface area contributed by atoms with Gasteiger partial charge in [0.05, 0.1) is 5.60 Å². The minimum atomic E-state index is -0.500. The fourth-order valence-corrected chi connectivity index (χ4v) is 6.25. The largest absolute Gasteiger partial charge is 0.391 e. The van der Waals surface area contributed by atoms with Gasteiger partial charge in [0.2, 0.25) is 0 Å². The van der Waals surface area contributed by atoms with Gasteiger partial charge in [0.15, 0.2) is 0 Å². The van der Waals surface area contributed by atoms with E-state index in [2.05, 4.69) is 19.9 Å². The van der Waals surface area contributed by atoms with Crippen LogP contribution in [0.4, 0.5) is 0 Å². The number of hydrogen-bond acceptors (Lipinski definition) is 3. The average molecular weight is 361 g/mol. The predicted octanol–water partition coefficient (Wildman–Crippen LogP) is 4.86. The van der Waals surface area contributed by atoms with Gasteiger partial charge in [0.1, 0.15) is 11.6 Å². The molecule has 3 saturated carbocycles. The lowest BCUT2D eigenvalue weighted by Crippen LogP contribution is -2.50. The number of fused-ring (bicyclic) bond motifs is 5. The van der Waals surface area contributed by atoms with Crippen LogP contribution < -0.4 is 0 Å². The van der Waals surface area contributed by atoms with Crippen molar-refractivity contribution in [3.63, 3.8) is 0 Å². The summed E-state index contributed by atoms with van der Waals surface area (Å²) in [7, 11) is 0. The molecule has 4 rings (SSSR count). The van der Waals surface area contributed by atoms with Gasteiger partial charge in [-0.1, -0.05) is 25.5 Å². The Bertz CT molecular complexity index is 620. The normalized spacial score (nSPS) is 42.1. The van der Waals surface area contributed by atoms with Gasteiger partial charge in [-0.05, 0) is 76.0 Å². The Kier molecular flexibility index (Phi) is 5.01. The number of ketones is 2. The first-order chi connectivity index (χ1) is 11.9. The Hall–Kier alpha value is -0.960. The van der Waals surface area contributed by atoms with Gasteiger partial charge in [0.25, 0.3) is 0 Å². The van der Waals surface area contributed by atoms with Crippen LogP contribution in [0.1, 0.15) is 86.0 Å². The number of rotatable bonds is 0. The van der Waals surface area contributed by atoms with E-state index in [4.69, 9.17) is 5.11 Å².